The number of nitrogens with two attached hydrogens (primary N) is 1. The van der Waals surface area contributed by atoms with Crippen LogP contribution in [0.1, 0.15) is 10.4 Å². The van der Waals surface area contributed by atoms with Gasteiger partial charge in [0.05, 0.1) is 10.5 Å². The highest BCUT2D eigenvalue weighted by Crippen LogP contribution is 2.14. The number of carbonyl (C=O) groups is 2. The van der Waals surface area contributed by atoms with Crippen molar-refractivity contribution in [2.24, 2.45) is 5.14 Å². The van der Waals surface area contributed by atoms with Crippen LogP contribution in [0.25, 0.3) is 0 Å². The van der Waals surface area contributed by atoms with Gasteiger partial charge in [0.15, 0.2) is 0 Å². The zero-order chi connectivity index (χ0) is 20.0. The first-order valence-corrected chi connectivity index (χ1v) is 8.90. The molecule has 0 aliphatic heterocycles. The topological polar surface area (TPSA) is 162 Å². The van der Waals surface area contributed by atoms with Gasteiger partial charge in [-0.05, 0) is 42.5 Å². The van der Waals surface area contributed by atoms with E-state index >= 15 is 0 Å². The molecule has 9 nitrogen and oxygen atoms in total. The number of primary sulfonamides is 1. The van der Waals surface area contributed by atoms with Gasteiger partial charge in [-0.15, -0.1) is 0 Å². The van der Waals surface area contributed by atoms with Gasteiger partial charge in [0, 0.05) is 17.6 Å². The molecule has 0 saturated carbocycles. The van der Waals surface area contributed by atoms with Crippen molar-refractivity contribution in [1.82, 2.24) is 0 Å². The molecular formula is C17H14N4O5S. The van der Waals surface area contributed by atoms with Gasteiger partial charge in [0.1, 0.15) is 11.6 Å². The highest BCUT2D eigenvalue weighted by molar-refractivity contribution is 7.89. The van der Waals surface area contributed by atoms with Gasteiger partial charge in [-0.2, -0.15) is 5.26 Å². The van der Waals surface area contributed by atoms with Crippen molar-refractivity contribution in [3.05, 3.63) is 65.9 Å². The minimum absolute atomic E-state index is 0.0475. The molecular weight excluding hydrogens is 372 g/mol. The van der Waals surface area contributed by atoms with Crippen LogP contribution in [0.15, 0.2) is 65.2 Å². The van der Waals surface area contributed by atoms with Crippen LogP contribution in [0.2, 0.25) is 0 Å². The van der Waals surface area contributed by atoms with Crippen LogP contribution in [-0.4, -0.2) is 25.4 Å². The lowest BCUT2D eigenvalue weighted by Gasteiger charge is -2.06. The van der Waals surface area contributed by atoms with E-state index in [1.165, 1.54) is 42.5 Å². The number of benzene rings is 2. The largest absolute Gasteiger partial charge is 0.478 e. The summed E-state index contributed by atoms with van der Waals surface area (Å²) in [6.07, 6.45) is 1.13. The van der Waals surface area contributed by atoms with E-state index in [-0.39, 0.29) is 21.7 Å². The predicted octanol–water partition coefficient (Wildman–Crippen LogP) is 1.49. The van der Waals surface area contributed by atoms with Crippen LogP contribution in [0, 0.1) is 11.3 Å². The SMILES string of the molecule is N#C/C(=C/Nc1cccc(C(=O)O)c1)C(=O)Nc1ccc(S(N)(=O)=O)cc1. The lowest BCUT2D eigenvalue weighted by molar-refractivity contribution is -0.112. The summed E-state index contributed by atoms with van der Waals surface area (Å²) in [5.41, 5.74) is 0.423. The third kappa shape index (κ3) is 5.40. The Bertz CT molecular complexity index is 1050. The van der Waals surface area contributed by atoms with E-state index in [2.05, 4.69) is 10.6 Å². The van der Waals surface area contributed by atoms with Crippen LogP contribution >= 0.6 is 0 Å². The Labute approximate surface area is 154 Å². The third-order valence-corrected chi connectivity index (χ3v) is 4.23. The first-order chi connectivity index (χ1) is 12.7. The lowest BCUT2D eigenvalue weighted by Crippen LogP contribution is -2.15. The Morgan fingerprint density at radius 2 is 1.78 bits per heavy atom. The van der Waals surface area contributed by atoms with Crippen molar-refractivity contribution in [1.29, 1.82) is 5.26 Å². The van der Waals surface area contributed by atoms with Crippen LogP contribution < -0.4 is 15.8 Å². The monoisotopic (exact) mass is 386 g/mol. The number of hydrogen-bond acceptors (Lipinski definition) is 6. The smallest absolute Gasteiger partial charge is 0.335 e. The van der Waals surface area contributed by atoms with Crippen molar-refractivity contribution in [2.75, 3.05) is 10.6 Å². The third-order valence-electron chi connectivity index (χ3n) is 3.30. The van der Waals surface area contributed by atoms with Gasteiger partial charge < -0.3 is 15.7 Å². The normalized spacial score (nSPS) is 11.3. The number of nitriles is 1. The number of amides is 1. The number of nitrogens with zero attached hydrogens (tertiary/aromatic N) is 1. The molecule has 0 aromatic heterocycles. The Kier molecular flexibility index (Phi) is 5.92. The van der Waals surface area contributed by atoms with Gasteiger partial charge in [-0.1, -0.05) is 6.07 Å². The Morgan fingerprint density at radius 1 is 1.11 bits per heavy atom. The second-order valence-corrected chi connectivity index (χ2v) is 6.79. The number of carboxylic acid groups (broad SMARTS) is 1. The second kappa shape index (κ2) is 8.13. The molecule has 2 aromatic carbocycles. The maximum absolute atomic E-state index is 12.1. The molecule has 0 aliphatic rings. The van der Waals surface area contributed by atoms with E-state index < -0.39 is 21.9 Å². The number of aromatic carboxylic acids is 1. The summed E-state index contributed by atoms with van der Waals surface area (Å²) >= 11 is 0. The molecule has 0 unspecified atom stereocenters. The summed E-state index contributed by atoms with van der Waals surface area (Å²) in [5.74, 6) is -1.84. The van der Waals surface area contributed by atoms with Crippen molar-refractivity contribution in [3.63, 3.8) is 0 Å². The van der Waals surface area contributed by atoms with E-state index in [9.17, 15) is 18.0 Å². The number of carbonyl (C=O) groups excluding carboxylic acids is 1. The van der Waals surface area contributed by atoms with E-state index in [4.69, 9.17) is 15.5 Å². The molecule has 0 bridgehead atoms. The maximum atomic E-state index is 12.1. The van der Waals surface area contributed by atoms with Crippen molar-refractivity contribution in [3.8, 4) is 6.07 Å². The lowest BCUT2D eigenvalue weighted by atomic mass is 10.2. The van der Waals surface area contributed by atoms with E-state index in [1.807, 2.05) is 0 Å². The van der Waals surface area contributed by atoms with Gasteiger partial charge in [0.25, 0.3) is 5.91 Å². The number of hydrogen-bond donors (Lipinski definition) is 4. The van der Waals surface area contributed by atoms with Crippen LogP contribution in [0.5, 0.6) is 0 Å². The molecule has 2 aromatic rings. The minimum Gasteiger partial charge on any atom is -0.478 e. The first kappa shape index (κ1) is 19.6. The van der Waals surface area contributed by atoms with Crippen LogP contribution in [-0.2, 0) is 14.8 Å². The number of carboxylic acids is 1. The first-order valence-electron chi connectivity index (χ1n) is 7.35. The van der Waals surface area contributed by atoms with E-state index in [0.717, 1.165) is 6.20 Å². The summed E-state index contributed by atoms with van der Waals surface area (Å²) in [4.78, 5) is 23.0. The zero-order valence-corrected chi connectivity index (χ0v) is 14.5. The number of rotatable bonds is 6. The fourth-order valence-electron chi connectivity index (χ4n) is 1.97. The molecule has 0 aliphatic carbocycles. The molecule has 0 heterocycles. The fourth-order valence-corrected chi connectivity index (χ4v) is 2.49. The number of anilines is 2. The molecule has 10 heteroatoms. The van der Waals surface area contributed by atoms with E-state index in [1.54, 1.807) is 12.1 Å². The maximum Gasteiger partial charge on any atom is 0.335 e. The number of sulfonamides is 1. The molecule has 0 fully saturated rings. The molecule has 2 rings (SSSR count). The van der Waals surface area contributed by atoms with Crippen LogP contribution in [0.4, 0.5) is 11.4 Å². The van der Waals surface area contributed by atoms with Gasteiger partial charge in [-0.25, -0.2) is 18.4 Å². The van der Waals surface area contributed by atoms with Gasteiger partial charge in [0.2, 0.25) is 10.0 Å². The Hall–Kier alpha value is -3.68. The number of nitrogens with one attached hydrogen (secondary N) is 2. The summed E-state index contributed by atoms with van der Waals surface area (Å²) in [6, 6.07) is 12.6. The minimum atomic E-state index is -3.85. The predicted molar refractivity (Wildman–Crippen MR) is 97.2 cm³/mol. The molecule has 0 saturated heterocycles. The molecule has 0 atom stereocenters. The molecule has 138 valence electrons. The zero-order valence-electron chi connectivity index (χ0n) is 13.7. The molecule has 0 radical (unpaired) electrons. The van der Waals surface area contributed by atoms with Crippen LogP contribution in [0.3, 0.4) is 0 Å². The average molecular weight is 386 g/mol. The quantitative estimate of drug-likeness (QED) is 0.431. The Morgan fingerprint density at radius 3 is 2.33 bits per heavy atom. The molecule has 27 heavy (non-hydrogen) atoms. The summed E-state index contributed by atoms with van der Waals surface area (Å²) in [5, 5.41) is 28.2. The summed E-state index contributed by atoms with van der Waals surface area (Å²) < 4.78 is 22.4. The van der Waals surface area contributed by atoms with Crippen molar-refractivity contribution < 1.29 is 23.1 Å². The fraction of sp³-hybridized carbons (Fsp3) is 0. The Balaban J connectivity index is 2.11. The van der Waals surface area contributed by atoms with Gasteiger partial charge >= 0.3 is 5.97 Å². The second-order valence-electron chi connectivity index (χ2n) is 5.22. The molecule has 0 spiro atoms. The van der Waals surface area contributed by atoms with Crippen molar-refractivity contribution >= 4 is 33.3 Å². The van der Waals surface area contributed by atoms with Gasteiger partial charge in [-0.3, -0.25) is 4.79 Å². The van der Waals surface area contributed by atoms with Crippen molar-refractivity contribution in [2.45, 2.75) is 4.90 Å². The average Bonchev–Trinajstić information content (AvgIpc) is 2.62. The molecule has 5 N–H and O–H groups in total. The van der Waals surface area contributed by atoms with E-state index in [0.29, 0.717) is 5.69 Å². The highest BCUT2D eigenvalue weighted by Gasteiger charge is 2.11. The summed E-state index contributed by atoms with van der Waals surface area (Å²) in [7, 11) is -3.85. The summed E-state index contributed by atoms with van der Waals surface area (Å²) in [6.45, 7) is 0. The highest BCUT2D eigenvalue weighted by atomic mass is 32.2. The molecule has 1 amide bonds. The standard InChI is InChI=1S/C17H14N4O5S/c18-9-12(10-20-14-3-1-2-11(8-14)17(23)24)16(22)21-13-4-6-15(7-5-13)27(19,25)26/h1-8,10,20H,(H,21,22)(H,23,24)(H2,19,25,26)/b12-10-.